The number of carbonyl (C=O) groups excluding carboxylic acids is 1. The van der Waals surface area contributed by atoms with Gasteiger partial charge in [-0.3, -0.25) is 10.1 Å². The van der Waals surface area contributed by atoms with Crippen LogP contribution >= 0.6 is 11.3 Å². The van der Waals surface area contributed by atoms with E-state index in [1.54, 1.807) is 11.3 Å². The van der Waals surface area contributed by atoms with Gasteiger partial charge in [-0.15, -0.1) is 11.3 Å². The van der Waals surface area contributed by atoms with Gasteiger partial charge in [-0.1, -0.05) is 27.2 Å². The van der Waals surface area contributed by atoms with E-state index in [1.165, 1.54) is 9.75 Å². The Morgan fingerprint density at radius 3 is 2.70 bits per heavy atom. The van der Waals surface area contributed by atoms with Crippen molar-refractivity contribution in [2.45, 2.75) is 59.2 Å². The SMILES string of the molecule is CCCCN1C(=O)C(CC(C)C)NC1c1ccc(C)s1. The fraction of sp³-hybridized carbons (Fsp3) is 0.688. The average Bonchev–Trinajstić information content (AvgIpc) is 2.93. The number of amides is 1. The standard InChI is InChI=1S/C16H26N2OS/c1-5-6-9-18-15(14-8-7-12(4)20-14)17-13(16(18)19)10-11(2)3/h7-8,11,13,15,17H,5-6,9-10H2,1-4H3. The van der Waals surface area contributed by atoms with Gasteiger partial charge in [0.05, 0.1) is 6.04 Å². The third-order valence-electron chi connectivity index (χ3n) is 3.74. The summed E-state index contributed by atoms with van der Waals surface area (Å²) in [5.74, 6) is 0.816. The third-order valence-corrected chi connectivity index (χ3v) is 4.80. The van der Waals surface area contributed by atoms with Crippen LogP contribution in [0.25, 0.3) is 0 Å². The Kier molecular flexibility index (Phi) is 5.22. The lowest BCUT2D eigenvalue weighted by atomic mass is 10.0. The molecular formula is C16H26N2OS. The summed E-state index contributed by atoms with van der Waals surface area (Å²) in [6.45, 7) is 9.50. The molecule has 2 heterocycles. The maximum Gasteiger partial charge on any atom is 0.241 e. The van der Waals surface area contributed by atoms with Gasteiger partial charge in [0.2, 0.25) is 5.91 Å². The minimum absolute atomic E-state index is 0.0146. The molecule has 4 heteroatoms. The zero-order valence-corrected chi connectivity index (χ0v) is 13.8. The van der Waals surface area contributed by atoms with Crippen LogP contribution in [0.15, 0.2) is 12.1 Å². The second-order valence-electron chi connectivity index (χ2n) is 6.08. The van der Waals surface area contributed by atoms with Crippen molar-refractivity contribution in [3.05, 3.63) is 21.9 Å². The molecule has 1 aliphatic rings. The molecule has 112 valence electrons. The first kappa shape index (κ1) is 15.5. The van der Waals surface area contributed by atoms with E-state index in [1.807, 2.05) is 4.90 Å². The zero-order chi connectivity index (χ0) is 14.7. The van der Waals surface area contributed by atoms with Crippen LogP contribution in [0.4, 0.5) is 0 Å². The predicted octanol–water partition coefficient (Wildman–Crippen LogP) is 3.70. The molecule has 0 saturated carbocycles. The van der Waals surface area contributed by atoms with Gasteiger partial charge in [0.15, 0.2) is 0 Å². The number of thiophene rings is 1. The number of unbranched alkanes of at least 4 members (excludes halogenated alkanes) is 1. The molecule has 1 aromatic rings. The molecule has 0 radical (unpaired) electrons. The quantitative estimate of drug-likeness (QED) is 0.867. The van der Waals surface area contributed by atoms with E-state index in [9.17, 15) is 4.79 Å². The topological polar surface area (TPSA) is 32.3 Å². The van der Waals surface area contributed by atoms with Crippen molar-refractivity contribution in [2.75, 3.05) is 6.54 Å². The monoisotopic (exact) mass is 294 g/mol. The summed E-state index contributed by atoms with van der Waals surface area (Å²) in [7, 11) is 0. The van der Waals surface area contributed by atoms with Crippen molar-refractivity contribution >= 4 is 17.2 Å². The first-order chi connectivity index (χ1) is 9.52. The summed E-state index contributed by atoms with van der Waals surface area (Å²) in [4.78, 5) is 17.2. The number of rotatable bonds is 6. The van der Waals surface area contributed by atoms with Crippen LogP contribution in [0.2, 0.25) is 0 Å². The lowest BCUT2D eigenvalue weighted by molar-refractivity contribution is -0.130. The van der Waals surface area contributed by atoms with E-state index in [0.29, 0.717) is 5.92 Å². The summed E-state index contributed by atoms with van der Waals surface area (Å²) in [5.41, 5.74) is 0. The maximum absolute atomic E-state index is 12.6. The number of hydrogen-bond acceptors (Lipinski definition) is 3. The minimum atomic E-state index is -0.0146. The van der Waals surface area contributed by atoms with Crippen LogP contribution in [0, 0.1) is 12.8 Å². The molecule has 2 rings (SSSR count). The van der Waals surface area contributed by atoms with Gasteiger partial charge in [-0.25, -0.2) is 0 Å². The van der Waals surface area contributed by atoms with E-state index >= 15 is 0 Å². The first-order valence-corrected chi connectivity index (χ1v) is 8.47. The van der Waals surface area contributed by atoms with Crippen LogP contribution < -0.4 is 5.32 Å². The van der Waals surface area contributed by atoms with Crippen LogP contribution in [-0.4, -0.2) is 23.4 Å². The van der Waals surface area contributed by atoms with Crippen molar-refractivity contribution in [3.63, 3.8) is 0 Å². The number of nitrogens with zero attached hydrogens (tertiary/aromatic N) is 1. The highest BCUT2D eigenvalue weighted by atomic mass is 32.1. The summed E-state index contributed by atoms with van der Waals surface area (Å²) in [5, 5.41) is 3.55. The average molecular weight is 294 g/mol. The zero-order valence-electron chi connectivity index (χ0n) is 13.0. The number of aryl methyl sites for hydroxylation is 1. The Hall–Kier alpha value is -0.870. The Morgan fingerprint density at radius 1 is 1.40 bits per heavy atom. The maximum atomic E-state index is 12.6. The molecule has 0 bridgehead atoms. The van der Waals surface area contributed by atoms with Gasteiger partial charge < -0.3 is 4.90 Å². The molecule has 20 heavy (non-hydrogen) atoms. The van der Waals surface area contributed by atoms with Gasteiger partial charge in [0.25, 0.3) is 0 Å². The lowest BCUT2D eigenvalue weighted by Crippen LogP contribution is -2.32. The summed E-state index contributed by atoms with van der Waals surface area (Å²) in [6, 6.07) is 4.28. The molecule has 1 aromatic heterocycles. The van der Waals surface area contributed by atoms with E-state index in [0.717, 1.165) is 25.8 Å². The van der Waals surface area contributed by atoms with E-state index in [-0.39, 0.29) is 18.1 Å². The second kappa shape index (κ2) is 6.72. The highest BCUT2D eigenvalue weighted by molar-refractivity contribution is 7.12. The predicted molar refractivity (Wildman–Crippen MR) is 84.8 cm³/mol. The third kappa shape index (κ3) is 3.41. The van der Waals surface area contributed by atoms with Crippen molar-refractivity contribution in [2.24, 2.45) is 5.92 Å². The smallest absolute Gasteiger partial charge is 0.241 e. The van der Waals surface area contributed by atoms with Crippen LogP contribution in [0.3, 0.4) is 0 Å². The fourth-order valence-electron chi connectivity index (χ4n) is 2.72. The molecule has 1 amide bonds. The van der Waals surface area contributed by atoms with Crippen LogP contribution in [0.1, 0.15) is 56.0 Å². The molecular weight excluding hydrogens is 268 g/mol. The minimum Gasteiger partial charge on any atom is -0.321 e. The van der Waals surface area contributed by atoms with Crippen molar-refractivity contribution in [1.29, 1.82) is 0 Å². The number of carbonyl (C=O) groups is 1. The van der Waals surface area contributed by atoms with Crippen molar-refractivity contribution in [3.8, 4) is 0 Å². The Labute approximate surface area is 126 Å². The highest BCUT2D eigenvalue weighted by Gasteiger charge is 2.39. The molecule has 3 nitrogen and oxygen atoms in total. The van der Waals surface area contributed by atoms with Gasteiger partial charge in [0, 0.05) is 16.3 Å². The second-order valence-corrected chi connectivity index (χ2v) is 7.40. The molecule has 1 fully saturated rings. The summed E-state index contributed by atoms with van der Waals surface area (Å²) >= 11 is 1.79. The molecule has 0 aliphatic carbocycles. The van der Waals surface area contributed by atoms with Crippen LogP contribution in [0.5, 0.6) is 0 Å². The number of nitrogens with one attached hydrogen (secondary N) is 1. The Balaban J connectivity index is 2.16. The molecule has 1 N–H and O–H groups in total. The van der Waals surface area contributed by atoms with Crippen molar-refractivity contribution < 1.29 is 4.79 Å². The largest absolute Gasteiger partial charge is 0.321 e. The molecule has 2 atom stereocenters. The Bertz CT molecular complexity index is 455. The molecule has 1 aliphatic heterocycles. The summed E-state index contributed by atoms with van der Waals surface area (Å²) in [6.07, 6.45) is 3.19. The Morgan fingerprint density at radius 2 is 2.15 bits per heavy atom. The van der Waals surface area contributed by atoms with E-state index in [2.05, 4.69) is 45.1 Å². The molecule has 0 aromatic carbocycles. The van der Waals surface area contributed by atoms with Crippen LogP contribution in [-0.2, 0) is 4.79 Å². The molecule has 0 spiro atoms. The van der Waals surface area contributed by atoms with Gasteiger partial charge >= 0.3 is 0 Å². The normalized spacial score (nSPS) is 23.1. The van der Waals surface area contributed by atoms with Gasteiger partial charge in [0.1, 0.15) is 6.17 Å². The summed E-state index contributed by atoms with van der Waals surface area (Å²) < 4.78 is 0. The van der Waals surface area contributed by atoms with Gasteiger partial charge in [-0.2, -0.15) is 0 Å². The highest BCUT2D eigenvalue weighted by Crippen LogP contribution is 2.32. The lowest BCUT2D eigenvalue weighted by Gasteiger charge is -2.23. The molecule has 2 unspecified atom stereocenters. The van der Waals surface area contributed by atoms with Gasteiger partial charge in [-0.05, 0) is 37.8 Å². The fourth-order valence-corrected chi connectivity index (χ4v) is 3.67. The van der Waals surface area contributed by atoms with E-state index in [4.69, 9.17) is 0 Å². The van der Waals surface area contributed by atoms with Crippen molar-refractivity contribution in [1.82, 2.24) is 10.2 Å². The molecule has 1 saturated heterocycles. The van der Waals surface area contributed by atoms with E-state index < -0.39 is 0 Å². The first-order valence-electron chi connectivity index (χ1n) is 7.65. The number of hydrogen-bond donors (Lipinski definition) is 1.